The number of ether oxygens (including phenoxy) is 1. The van der Waals surface area contributed by atoms with Gasteiger partial charge in [0.2, 0.25) is 0 Å². The Balaban J connectivity index is 1.87. The minimum atomic E-state index is -0.370. The summed E-state index contributed by atoms with van der Waals surface area (Å²) in [6, 6.07) is 15.2. The number of nitrogens with zero attached hydrogens (tertiary/aromatic N) is 2. The van der Waals surface area contributed by atoms with Crippen LogP contribution in [0.5, 0.6) is 5.75 Å². The first-order valence-corrected chi connectivity index (χ1v) is 8.05. The van der Waals surface area contributed by atoms with E-state index in [4.69, 9.17) is 4.74 Å². The third-order valence-electron chi connectivity index (χ3n) is 4.59. The number of hydrogen-bond donors (Lipinski definition) is 0. The van der Waals surface area contributed by atoms with Crippen LogP contribution in [0.25, 0.3) is 5.69 Å². The standard InChI is InChI=1S/C20H17FN2O2/c1-13-17-7-4-10-22(17)18-9-8-15(21)12-19(18)23(13)20(24)14-5-3-6-16(11-14)25-2/h3-13H,1-2H3. The number of methoxy groups -OCH3 is 1. The van der Waals surface area contributed by atoms with Gasteiger partial charge in [-0.2, -0.15) is 0 Å². The Morgan fingerprint density at radius 1 is 1.08 bits per heavy atom. The number of anilines is 1. The highest BCUT2D eigenvalue weighted by molar-refractivity contribution is 6.08. The van der Waals surface area contributed by atoms with E-state index in [1.807, 2.05) is 29.8 Å². The van der Waals surface area contributed by atoms with Crippen LogP contribution in [-0.4, -0.2) is 17.6 Å². The highest BCUT2D eigenvalue weighted by Gasteiger charge is 2.33. The molecule has 1 aliphatic rings. The molecule has 2 heterocycles. The van der Waals surface area contributed by atoms with Crippen LogP contribution in [0.1, 0.15) is 29.0 Å². The number of carbonyl (C=O) groups is 1. The maximum atomic E-state index is 13.9. The van der Waals surface area contributed by atoms with Crippen LogP contribution >= 0.6 is 0 Å². The van der Waals surface area contributed by atoms with Crippen molar-refractivity contribution in [2.24, 2.45) is 0 Å². The van der Waals surface area contributed by atoms with E-state index >= 15 is 0 Å². The molecule has 1 unspecified atom stereocenters. The van der Waals surface area contributed by atoms with Crippen LogP contribution in [0.3, 0.4) is 0 Å². The zero-order valence-electron chi connectivity index (χ0n) is 13.9. The molecule has 4 rings (SSSR count). The zero-order chi connectivity index (χ0) is 17.6. The van der Waals surface area contributed by atoms with Gasteiger partial charge in [0.05, 0.1) is 24.5 Å². The lowest BCUT2D eigenvalue weighted by molar-refractivity contribution is 0.0976. The molecule has 1 aliphatic heterocycles. The summed E-state index contributed by atoms with van der Waals surface area (Å²) in [5, 5.41) is 0. The molecule has 126 valence electrons. The molecule has 5 heteroatoms. The minimum absolute atomic E-state index is 0.189. The monoisotopic (exact) mass is 336 g/mol. The predicted molar refractivity (Wildman–Crippen MR) is 93.9 cm³/mol. The van der Waals surface area contributed by atoms with Gasteiger partial charge in [-0.1, -0.05) is 6.07 Å². The molecule has 1 aromatic heterocycles. The van der Waals surface area contributed by atoms with Crippen molar-refractivity contribution in [2.75, 3.05) is 12.0 Å². The Morgan fingerprint density at radius 2 is 1.92 bits per heavy atom. The molecule has 0 saturated heterocycles. The van der Waals surface area contributed by atoms with E-state index in [1.165, 1.54) is 12.1 Å². The number of amides is 1. The predicted octanol–water partition coefficient (Wildman–Crippen LogP) is 4.35. The number of halogens is 1. The van der Waals surface area contributed by atoms with Gasteiger partial charge in [-0.15, -0.1) is 0 Å². The lowest BCUT2D eigenvalue weighted by Crippen LogP contribution is -2.38. The molecule has 2 aromatic carbocycles. The molecule has 0 spiro atoms. The molecule has 0 N–H and O–H groups in total. The van der Waals surface area contributed by atoms with Gasteiger partial charge in [0.15, 0.2) is 0 Å². The number of benzene rings is 2. The molecule has 0 fully saturated rings. The van der Waals surface area contributed by atoms with Gasteiger partial charge >= 0.3 is 0 Å². The van der Waals surface area contributed by atoms with Crippen LogP contribution < -0.4 is 9.64 Å². The molecular weight excluding hydrogens is 319 g/mol. The summed E-state index contributed by atoms with van der Waals surface area (Å²) in [7, 11) is 1.56. The molecular formula is C20H17FN2O2. The van der Waals surface area contributed by atoms with E-state index in [0.717, 1.165) is 11.4 Å². The van der Waals surface area contributed by atoms with Crippen molar-refractivity contribution in [2.45, 2.75) is 13.0 Å². The Kier molecular flexibility index (Phi) is 3.57. The van der Waals surface area contributed by atoms with E-state index < -0.39 is 0 Å². The average molecular weight is 336 g/mol. The van der Waals surface area contributed by atoms with Crippen LogP contribution in [0.2, 0.25) is 0 Å². The topological polar surface area (TPSA) is 34.5 Å². The Labute approximate surface area is 145 Å². The van der Waals surface area contributed by atoms with Gasteiger partial charge in [-0.05, 0) is 55.5 Å². The number of hydrogen-bond acceptors (Lipinski definition) is 2. The number of aromatic nitrogens is 1. The van der Waals surface area contributed by atoms with Crippen LogP contribution in [0.4, 0.5) is 10.1 Å². The summed E-state index contributed by atoms with van der Waals surface area (Å²) in [5.41, 5.74) is 2.83. The largest absolute Gasteiger partial charge is 0.497 e. The van der Waals surface area contributed by atoms with Gasteiger partial charge in [-0.3, -0.25) is 9.69 Å². The molecule has 0 saturated carbocycles. The molecule has 1 amide bonds. The summed E-state index contributed by atoms with van der Waals surface area (Å²) in [6.07, 6.45) is 1.93. The van der Waals surface area contributed by atoms with Crippen LogP contribution in [0.15, 0.2) is 60.8 Å². The fourth-order valence-corrected chi connectivity index (χ4v) is 3.37. The van der Waals surface area contributed by atoms with E-state index in [1.54, 1.807) is 42.3 Å². The summed E-state index contributed by atoms with van der Waals surface area (Å²) < 4.78 is 21.1. The van der Waals surface area contributed by atoms with Gasteiger partial charge in [0, 0.05) is 17.5 Å². The minimum Gasteiger partial charge on any atom is -0.497 e. The van der Waals surface area contributed by atoms with Gasteiger partial charge in [0.25, 0.3) is 5.91 Å². The third kappa shape index (κ3) is 2.39. The Hall–Kier alpha value is -3.08. The second kappa shape index (κ2) is 5.77. The molecule has 1 atom stereocenters. The Bertz CT molecular complexity index is 964. The first kappa shape index (κ1) is 15.4. The molecule has 4 nitrogen and oxygen atoms in total. The maximum Gasteiger partial charge on any atom is 0.259 e. The van der Waals surface area contributed by atoms with Crippen molar-refractivity contribution in [3.05, 3.63) is 77.9 Å². The van der Waals surface area contributed by atoms with Crippen molar-refractivity contribution in [1.29, 1.82) is 0 Å². The highest BCUT2D eigenvalue weighted by Crippen LogP contribution is 2.40. The number of rotatable bonds is 2. The number of carbonyl (C=O) groups excluding carboxylic acids is 1. The first-order valence-electron chi connectivity index (χ1n) is 8.05. The Morgan fingerprint density at radius 3 is 2.72 bits per heavy atom. The third-order valence-corrected chi connectivity index (χ3v) is 4.59. The first-order chi connectivity index (χ1) is 12.1. The van der Waals surface area contributed by atoms with E-state index in [-0.39, 0.29) is 17.8 Å². The summed E-state index contributed by atoms with van der Waals surface area (Å²) in [5.74, 6) is 0.0500. The SMILES string of the molecule is COc1cccc(C(=O)N2c3cc(F)ccc3-n3cccc3C2C)c1. The van der Waals surface area contributed by atoms with Crippen molar-refractivity contribution in [3.63, 3.8) is 0 Å². The van der Waals surface area contributed by atoms with Crippen LogP contribution in [0, 0.1) is 5.82 Å². The second-order valence-electron chi connectivity index (χ2n) is 6.02. The van der Waals surface area contributed by atoms with Crippen molar-refractivity contribution >= 4 is 11.6 Å². The summed E-state index contributed by atoms with van der Waals surface area (Å²) >= 11 is 0. The average Bonchev–Trinajstić information content (AvgIpc) is 3.12. The number of fused-ring (bicyclic) bond motifs is 3. The molecule has 3 aromatic rings. The van der Waals surface area contributed by atoms with Gasteiger partial charge < -0.3 is 9.30 Å². The summed E-state index contributed by atoms with van der Waals surface area (Å²) in [4.78, 5) is 14.9. The maximum absolute atomic E-state index is 13.9. The molecule has 0 radical (unpaired) electrons. The second-order valence-corrected chi connectivity index (χ2v) is 6.02. The molecule has 25 heavy (non-hydrogen) atoms. The van der Waals surface area contributed by atoms with Crippen molar-refractivity contribution in [3.8, 4) is 11.4 Å². The van der Waals surface area contributed by atoms with Crippen LogP contribution in [-0.2, 0) is 0 Å². The summed E-state index contributed by atoms with van der Waals surface area (Å²) in [6.45, 7) is 1.94. The van der Waals surface area contributed by atoms with E-state index in [2.05, 4.69) is 0 Å². The molecule has 0 aliphatic carbocycles. The highest BCUT2D eigenvalue weighted by atomic mass is 19.1. The van der Waals surface area contributed by atoms with E-state index in [0.29, 0.717) is 17.0 Å². The van der Waals surface area contributed by atoms with Gasteiger partial charge in [-0.25, -0.2) is 4.39 Å². The fourth-order valence-electron chi connectivity index (χ4n) is 3.37. The smallest absolute Gasteiger partial charge is 0.259 e. The zero-order valence-corrected chi connectivity index (χ0v) is 13.9. The van der Waals surface area contributed by atoms with E-state index in [9.17, 15) is 9.18 Å². The lowest BCUT2D eigenvalue weighted by atomic mass is 10.0. The lowest BCUT2D eigenvalue weighted by Gasteiger charge is -2.36. The van der Waals surface area contributed by atoms with Crippen molar-refractivity contribution < 1.29 is 13.9 Å². The van der Waals surface area contributed by atoms with Gasteiger partial charge in [0.1, 0.15) is 11.6 Å². The quantitative estimate of drug-likeness (QED) is 0.697. The molecule has 0 bridgehead atoms. The normalized spacial score (nSPS) is 15.5. The fraction of sp³-hybridized carbons (Fsp3) is 0.150. The van der Waals surface area contributed by atoms with Crippen molar-refractivity contribution in [1.82, 2.24) is 4.57 Å².